The van der Waals surface area contributed by atoms with Crippen LogP contribution in [0, 0.1) is 11.7 Å². The molecule has 1 rings (SSSR count). The summed E-state index contributed by atoms with van der Waals surface area (Å²) in [5, 5.41) is 14.3. The number of urea groups is 1. The van der Waals surface area contributed by atoms with Gasteiger partial charge in [-0.25, -0.2) is 9.18 Å². The van der Waals surface area contributed by atoms with Crippen LogP contribution >= 0.6 is 11.6 Å². The Morgan fingerprint density at radius 3 is 2.80 bits per heavy atom. The zero-order valence-corrected chi connectivity index (χ0v) is 12.2. The van der Waals surface area contributed by atoms with E-state index in [1.807, 2.05) is 6.92 Å². The zero-order chi connectivity index (χ0) is 15.0. The van der Waals surface area contributed by atoms with Crippen LogP contribution in [0.15, 0.2) is 18.2 Å². The molecule has 0 aliphatic rings. The molecule has 0 aliphatic carbocycles. The van der Waals surface area contributed by atoms with Crippen molar-refractivity contribution in [2.75, 3.05) is 18.5 Å². The Morgan fingerprint density at radius 2 is 2.20 bits per heavy atom. The fraction of sp³-hybridized carbons (Fsp3) is 0.500. The monoisotopic (exact) mass is 302 g/mol. The summed E-state index contributed by atoms with van der Waals surface area (Å²) in [6.45, 7) is 2.60. The van der Waals surface area contributed by atoms with Crippen molar-refractivity contribution in [1.29, 1.82) is 0 Å². The normalized spacial score (nSPS) is 12.0. The second-order valence-corrected chi connectivity index (χ2v) is 5.06. The SMILES string of the molecule is CCCC(CCO)CNC(=O)Nc1ccc(Cl)cc1F. The molecule has 0 bridgehead atoms. The smallest absolute Gasteiger partial charge is 0.319 e. The molecule has 0 saturated carbocycles. The number of hydrogen-bond donors (Lipinski definition) is 3. The van der Waals surface area contributed by atoms with E-state index in [4.69, 9.17) is 16.7 Å². The number of amides is 2. The molecule has 4 nitrogen and oxygen atoms in total. The summed E-state index contributed by atoms with van der Waals surface area (Å²) in [6, 6.07) is 3.59. The Balaban J connectivity index is 2.46. The third-order valence-corrected chi connectivity index (χ3v) is 3.20. The molecule has 20 heavy (non-hydrogen) atoms. The zero-order valence-electron chi connectivity index (χ0n) is 11.5. The van der Waals surface area contributed by atoms with E-state index in [2.05, 4.69) is 10.6 Å². The van der Waals surface area contributed by atoms with E-state index >= 15 is 0 Å². The summed E-state index contributed by atoms with van der Waals surface area (Å²) in [7, 11) is 0. The molecule has 0 saturated heterocycles. The van der Waals surface area contributed by atoms with E-state index in [-0.39, 0.29) is 23.2 Å². The lowest BCUT2D eigenvalue weighted by molar-refractivity contribution is 0.236. The molecule has 0 aliphatic heterocycles. The number of nitrogens with one attached hydrogen (secondary N) is 2. The Kier molecular flexibility index (Phi) is 7.33. The summed E-state index contributed by atoms with van der Waals surface area (Å²) in [5.74, 6) is -0.348. The molecule has 3 N–H and O–H groups in total. The quantitative estimate of drug-likeness (QED) is 0.723. The predicted molar refractivity (Wildman–Crippen MR) is 78.5 cm³/mol. The first-order valence-corrected chi connectivity index (χ1v) is 7.05. The minimum atomic E-state index is -0.576. The maximum Gasteiger partial charge on any atom is 0.319 e. The number of benzene rings is 1. The number of hydrogen-bond acceptors (Lipinski definition) is 2. The second kappa shape index (κ2) is 8.76. The lowest BCUT2D eigenvalue weighted by Crippen LogP contribution is -2.33. The van der Waals surface area contributed by atoms with Gasteiger partial charge in [0.1, 0.15) is 5.82 Å². The second-order valence-electron chi connectivity index (χ2n) is 4.63. The van der Waals surface area contributed by atoms with Gasteiger partial charge in [0.25, 0.3) is 0 Å². The van der Waals surface area contributed by atoms with Crippen LogP contribution in [0.2, 0.25) is 5.02 Å². The van der Waals surface area contributed by atoms with Crippen molar-refractivity contribution in [1.82, 2.24) is 5.32 Å². The number of carbonyl (C=O) groups excluding carboxylic acids is 1. The highest BCUT2D eigenvalue weighted by molar-refractivity contribution is 6.30. The highest BCUT2D eigenvalue weighted by Gasteiger charge is 2.11. The van der Waals surface area contributed by atoms with Crippen LogP contribution in [0.25, 0.3) is 0 Å². The molecular weight excluding hydrogens is 283 g/mol. The van der Waals surface area contributed by atoms with Crippen LogP contribution < -0.4 is 10.6 Å². The molecule has 0 fully saturated rings. The van der Waals surface area contributed by atoms with E-state index in [1.54, 1.807) is 0 Å². The molecule has 1 unspecified atom stereocenters. The summed E-state index contributed by atoms with van der Waals surface area (Å²) in [5.41, 5.74) is 0.0844. The summed E-state index contributed by atoms with van der Waals surface area (Å²) < 4.78 is 13.5. The standard InChI is InChI=1S/C14H20ClFN2O2/c1-2-3-10(6-7-19)9-17-14(20)18-13-5-4-11(15)8-12(13)16/h4-5,8,10,19H,2-3,6-7,9H2,1H3,(H2,17,18,20). The van der Waals surface area contributed by atoms with E-state index in [0.29, 0.717) is 13.0 Å². The highest BCUT2D eigenvalue weighted by Crippen LogP contribution is 2.18. The van der Waals surface area contributed by atoms with Gasteiger partial charge in [0.05, 0.1) is 5.69 Å². The van der Waals surface area contributed by atoms with Crippen LogP contribution in [0.4, 0.5) is 14.9 Å². The first-order chi connectivity index (χ1) is 9.56. The molecule has 1 aromatic rings. The van der Waals surface area contributed by atoms with Crippen molar-refractivity contribution in [3.8, 4) is 0 Å². The maximum absolute atomic E-state index is 13.5. The van der Waals surface area contributed by atoms with Gasteiger partial charge >= 0.3 is 6.03 Å². The van der Waals surface area contributed by atoms with Gasteiger partial charge in [-0.15, -0.1) is 0 Å². The average molecular weight is 303 g/mol. The van der Waals surface area contributed by atoms with Crippen molar-refractivity contribution in [2.45, 2.75) is 26.2 Å². The number of halogens is 2. The van der Waals surface area contributed by atoms with Gasteiger partial charge in [-0.3, -0.25) is 0 Å². The Labute approximate surface area is 123 Å². The third kappa shape index (κ3) is 5.75. The van der Waals surface area contributed by atoms with E-state index in [1.165, 1.54) is 12.1 Å². The number of rotatable bonds is 7. The molecule has 112 valence electrons. The highest BCUT2D eigenvalue weighted by atomic mass is 35.5. The molecule has 0 radical (unpaired) electrons. The minimum Gasteiger partial charge on any atom is -0.396 e. The average Bonchev–Trinajstić information content (AvgIpc) is 2.40. The van der Waals surface area contributed by atoms with Crippen molar-refractivity contribution in [3.05, 3.63) is 29.0 Å². The number of aliphatic hydroxyl groups is 1. The number of anilines is 1. The first-order valence-electron chi connectivity index (χ1n) is 6.67. The molecule has 0 aromatic heterocycles. The van der Waals surface area contributed by atoms with Gasteiger partial charge in [0.15, 0.2) is 0 Å². The largest absolute Gasteiger partial charge is 0.396 e. The third-order valence-electron chi connectivity index (χ3n) is 2.96. The van der Waals surface area contributed by atoms with Gasteiger partial charge in [0, 0.05) is 18.2 Å². The molecule has 6 heteroatoms. The van der Waals surface area contributed by atoms with Gasteiger partial charge < -0.3 is 15.7 Å². The predicted octanol–water partition coefficient (Wildman–Crippen LogP) is 3.40. The summed E-state index contributed by atoms with van der Waals surface area (Å²) in [6.07, 6.45) is 2.55. The Morgan fingerprint density at radius 1 is 1.45 bits per heavy atom. The molecular formula is C14H20ClFN2O2. The van der Waals surface area contributed by atoms with Crippen molar-refractivity contribution < 1.29 is 14.3 Å². The maximum atomic E-state index is 13.5. The van der Waals surface area contributed by atoms with Gasteiger partial charge in [-0.2, -0.15) is 0 Å². The van der Waals surface area contributed by atoms with Gasteiger partial charge in [-0.1, -0.05) is 24.9 Å². The Bertz CT molecular complexity index is 437. The molecule has 2 amide bonds. The van der Waals surface area contributed by atoms with Crippen LogP contribution in [0.1, 0.15) is 26.2 Å². The van der Waals surface area contributed by atoms with Gasteiger partial charge in [0.2, 0.25) is 0 Å². The fourth-order valence-electron chi connectivity index (χ4n) is 1.93. The van der Waals surface area contributed by atoms with Crippen LogP contribution in [-0.2, 0) is 0 Å². The molecule has 0 heterocycles. The van der Waals surface area contributed by atoms with Crippen LogP contribution in [0.5, 0.6) is 0 Å². The van der Waals surface area contributed by atoms with Gasteiger partial charge in [-0.05, 0) is 37.0 Å². The number of aliphatic hydroxyl groups excluding tert-OH is 1. The summed E-state index contributed by atoms with van der Waals surface area (Å²) in [4.78, 5) is 11.7. The van der Waals surface area contributed by atoms with Crippen molar-refractivity contribution >= 4 is 23.3 Å². The lowest BCUT2D eigenvalue weighted by atomic mass is 10.0. The minimum absolute atomic E-state index is 0.0844. The van der Waals surface area contributed by atoms with E-state index in [9.17, 15) is 9.18 Å². The topological polar surface area (TPSA) is 61.4 Å². The van der Waals surface area contributed by atoms with Crippen LogP contribution in [-0.4, -0.2) is 24.3 Å². The summed E-state index contributed by atoms with van der Waals surface area (Å²) >= 11 is 5.63. The fourth-order valence-corrected chi connectivity index (χ4v) is 2.09. The molecule has 1 atom stereocenters. The van der Waals surface area contributed by atoms with E-state index < -0.39 is 11.8 Å². The van der Waals surface area contributed by atoms with Crippen LogP contribution in [0.3, 0.4) is 0 Å². The number of carbonyl (C=O) groups is 1. The molecule has 0 spiro atoms. The molecule has 1 aromatic carbocycles. The first kappa shape index (κ1) is 16.7. The van der Waals surface area contributed by atoms with Crippen molar-refractivity contribution in [3.63, 3.8) is 0 Å². The lowest BCUT2D eigenvalue weighted by Gasteiger charge is -2.16. The van der Waals surface area contributed by atoms with E-state index in [0.717, 1.165) is 18.9 Å². The van der Waals surface area contributed by atoms with Crippen molar-refractivity contribution in [2.24, 2.45) is 5.92 Å². The Hall–Kier alpha value is -1.33.